The smallest absolute Gasteiger partial charge is 0.223 e. The van der Waals surface area contributed by atoms with Crippen molar-refractivity contribution in [3.63, 3.8) is 0 Å². The molecule has 7 heteroatoms. The molecule has 3 heterocycles. The Morgan fingerprint density at radius 3 is 2.73 bits per heavy atom. The zero-order valence-electron chi connectivity index (χ0n) is 15.1. The van der Waals surface area contributed by atoms with Gasteiger partial charge >= 0.3 is 0 Å². The van der Waals surface area contributed by atoms with Gasteiger partial charge in [0, 0.05) is 19.5 Å². The van der Waals surface area contributed by atoms with Crippen molar-refractivity contribution in [1.82, 2.24) is 24.6 Å². The number of rotatable bonds is 4. The first kappa shape index (κ1) is 17.1. The first-order valence-corrected chi connectivity index (χ1v) is 9.26. The number of carbonyl (C=O) groups is 1. The zero-order chi connectivity index (χ0) is 18.1. The molecule has 0 radical (unpaired) electrons. The first-order chi connectivity index (χ1) is 12.6. The van der Waals surface area contributed by atoms with E-state index >= 15 is 0 Å². The summed E-state index contributed by atoms with van der Waals surface area (Å²) in [6.45, 7) is 3.06. The Hall–Kier alpha value is -2.28. The fourth-order valence-corrected chi connectivity index (χ4v) is 3.94. The molecule has 26 heavy (non-hydrogen) atoms. The highest BCUT2D eigenvalue weighted by molar-refractivity contribution is 5.76. The fraction of sp³-hybridized carbons (Fsp3) is 0.526. The van der Waals surface area contributed by atoms with Crippen LogP contribution < -0.4 is 0 Å². The van der Waals surface area contributed by atoms with Crippen molar-refractivity contribution < 1.29 is 9.18 Å². The number of hydrogen-bond acceptors (Lipinski definition) is 4. The quantitative estimate of drug-likeness (QED) is 0.841. The van der Waals surface area contributed by atoms with Crippen molar-refractivity contribution in [2.24, 2.45) is 0 Å². The second-order valence-corrected chi connectivity index (χ2v) is 7.21. The van der Waals surface area contributed by atoms with Gasteiger partial charge in [-0.05, 0) is 50.6 Å². The van der Waals surface area contributed by atoms with E-state index in [-0.39, 0.29) is 11.7 Å². The Kier molecular flexibility index (Phi) is 4.72. The predicted octanol–water partition coefficient (Wildman–Crippen LogP) is 2.16. The lowest BCUT2D eigenvalue weighted by molar-refractivity contribution is -0.132. The fourth-order valence-electron chi connectivity index (χ4n) is 3.94. The van der Waals surface area contributed by atoms with Crippen LogP contribution in [0.25, 0.3) is 0 Å². The van der Waals surface area contributed by atoms with E-state index in [0.717, 1.165) is 36.7 Å². The van der Waals surface area contributed by atoms with E-state index in [1.165, 1.54) is 18.6 Å². The lowest BCUT2D eigenvalue weighted by atomic mass is 10.1. The second-order valence-electron chi connectivity index (χ2n) is 7.21. The maximum absolute atomic E-state index is 13.0. The van der Waals surface area contributed by atoms with Crippen LogP contribution in [0.2, 0.25) is 0 Å². The molecular formula is C19H24FN5O. The number of nitrogens with zero attached hydrogens (tertiary/aromatic N) is 5. The maximum Gasteiger partial charge on any atom is 0.223 e. The standard InChI is InChI=1S/C19H24FN5O/c1-23-10-2-3-16(23)19-22-21-17-13-24(11-12-25(17)19)18(26)9-6-14-4-7-15(20)8-5-14/h4-5,7-8,16H,2-3,6,9-13H2,1H3/t16-/m1/s1. The van der Waals surface area contributed by atoms with Crippen molar-refractivity contribution in [2.75, 3.05) is 20.1 Å². The number of aryl methyl sites for hydroxylation is 1. The molecule has 0 saturated carbocycles. The molecule has 138 valence electrons. The van der Waals surface area contributed by atoms with Gasteiger partial charge in [-0.3, -0.25) is 9.69 Å². The van der Waals surface area contributed by atoms with Gasteiger partial charge in [-0.1, -0.05) is 12.1 Å². The summed E-state index contributed by atoms with van der Waals surface area (Å²) in [5.74, 6) is 1.78. The molecule has 0 N–H and O–H groups in total. The summed E-state index contributed by atoms with van der Waals surface area (Å²) in [7, 11) is 2.13. The summed E-state index contributed by atoms with van der Waals surface area (Å²) in [6.07, 6.45) is 3.37. The van der Waals surface area contributed by atoms with E-state index in [1.807, 2.05) is 4.90 Å². The number of amides is 1. The lowest BCUT2D eigenvalue weighted by Gasteiger charge is -2.29. The SMILES string of the molecule is CN1CCC[C@@H]1c1nnc2n1CCN(C(=O)CCc1ccc(F)cc1)C2. The van der Waals surface area contributed by atoms with Gasteiger partial charge in [-0.25, -0.2) is 4.39 Å². The molecule has 2 aliphatic rings. The lowest BCUT2D eigenvalue weighted by Crippen LogP contribution is -2.39. The van der Waals surface area contributed by atoms with Crippen LogP contribution in [0.15, 0.2) is 24.3 Å². The van der Waals surface area contributed by atoms with Crippen molar-refractivity contribution >= 4 is 5.91 Å². The minimum Gasteiger partial charge on any atom is -0.333 e. The van der Waals surface area contributed by atoms with Crippen molar-refractivity contribution in [3.8, 4) is 0 Å². The van der Waals surface area contributed by atoms with E-state index in [4.69, 9.17) is 0 Å². The van der Waals surface area contributed by atoms with E-state index < -0.39 is 0 Å². The summed E-state index contributed by atoms with van der Waals surface area (Å²) in [4.78, 5) is 16.7. The molecule has 1 fully saturated rings. The highest BCUT2D eigenvalue weighted by Gasteiger charge is 2.31. The van der Waals surface area contributed by atoms with Gasteiger partial charge in [0.25, 0.3) is 0 Å². The number of halogens is 1. The first-order valence-electron chi connectivity index (χ1n) is 9.26. The van der Waals surface area contributed by atoms with Crippen LogP contribution in [-0.2, 0) is 24.3 Å². The molecule has 0 unspecified atom stereocenters. The molecular weight excluding hydrogens is 333 g/mol. The van der Waals surface area contributed by atoms with Crippen LogP contribution in [0.4, 0.5) is 4.39 Å². The van der Waals surface area contributed by atoms with Gasteiger partial charge in [0.15, 0.2) is 11.6 Å². The predicted molar refractivity (Wildman–Crippen MR) is 94.8 cm³/mol. The Morgan fingerprint density at radius 2 is 2.00 bits per heavy atom. The molecule has 0 spiro atoms. The Bertz CT molecular complexity index is 788. The highest BCUT2D eigenvalue weighted by atomic mass is 19.1. The molecule has 6 nitrogen and oxygen atoms in total. The monoisotopic (exact) mass is 357 g/mol. The zero-order valence-corrected chi connectivity index (χ0v) is 15.1. The summed E-state index contributed by atoms with van der Waals surface area (Å²) >= 11 is 0. The van der Waals surface area contributed by atoms with Crippen LogP contribution in [0.5, 0.6) is 0 Å². The number of benzene rings is 1. The van der Waals surface area contributed by atoms with Crippen LogP contribution in [0.1, 0.15) is 42.5 Å². The minimum atomic E-state index is -0.251. The van der Waals surface area contributed by atoms with Gasteiger partial charge in [0.1, 0.15) is 5.82 Å². The molecule has 1 saturated heterocycles. The van der Waals surface area contributed by atoms with E-state index in [1.54, 1.807) is 12.1 Å². The molecule has 1 aromatic heterocycles. The van der Waals surface area contributed by atoms with E-state index in [9.17, 15) is 9.18 Å². The summed E-state index contributed by atoms with van der Waals surface area (Å²) in [6, 6.07) is 6.69. The molecule has 0 bridgehead atoms. The number of likely N-dealkylation sites (tertiary alicyclic amines) is 1. The van der Waals surface area contributed by atoms with Crippen molar-refractivity contribution in [1.29, 1.82) is 0 Å². The van der Waals surface area contributed by atoms with Gasteiger partial charge in [-0.15, -0.1) is 10.2 Å². The second kappa shape index (κ2) is 7.15. The van der Waals surface area contributed by atoms with Gasteiger partial charge in [-0.2, -0.15) is 0 Å². The highest BCUT2D eigenvalue weighted by Crippen LogP contribution is 2.30. The van der Waals surface area contributed by atoms with Gasteiger partial charge < -0.3 is 9.47 Å². The van der Waals surface area contributed by atoms with Gasteiger partial charge in [0.05, 0.1) is 12.6 Å². The van der Waals surface area contributed by atoms with Crippen LogP contribution in [-0.4, -0.2) is 50.6 Å². The number of hydrogen-bond donors (Lipinski definition) is 0. The third kappa shape index (κ3) is 3.35. The van der Waals surface area contributed by atoms with E-state index in [0.29, 0.717) is 32.0 Å². The molecule has 2 aromatic rings. The summed E-state index contributed by atoms with van der Waals surface area (Å²) < 4.78 is 15.2. The topological polar surface area (TPSA) is 54.3 Å². The number of carbonyl (C=O) groups excluding carboxylic acids is 1. The minimum absolute atomic E-state index is 0.114. The molecule has 2 aliphatic heterocycles. The normalized spacial score (nSPS) is 20.4. The average Bonchev–Trinajstić information content (AvgIpc) is 3.26. The molecule has 1 atom stereocenters. The summed E-state index contributed by atoms with van der Waals surface area (Å²) in [5.41, 5.74) is 0.978. The number of aromatic nitrogens is 3. The largest absolute Gasteiger partial charge is 0.333 e. The third-order valence-corrected chi connectivity index (χ3v) is 5.49. The maximum atomic E-state index is 13.0. The molecule has 1 amide bonds. The van der Waals surface area contributed by atoms with Gasteiger partial charge in [0.2, 0.25) is 5.91 Å². The van der Waals surface area contributed by atoms with Crippen molar-refractivity contribution in [2.45, 2.75) is 44.8 Å². The molecule has 0 aliphatic carbocycles. The number of fused-ring (bicyclic) bond motifs is 1. The summed E-state index contributed by atoms with van der Waals surface area (Å²) in [5, 5.41) is 8.77. The Labute approximate surface area is 152 Å². The van der Waals surface area contributed by atoms with Crippen LogP contribution >= 0.6 is 0 Å². The van der Waals surface area contributed by atoms with E-state index in [2.05, 4.69) is 26.7 Å². The Balaban J connectivity index is 1.38. The van der Waals surface area contributed by atoms with Crippen molar-refractivity contribution in [3.05, 3.63) is 47.3 Å². The molecule has 4 rings (SSSR count). The molecule has 1 aromatic carbocycles. The third-order valence-electron chi connectivity index (χ3n) is 5.49. The van der Waals surface area contributed by atoms with Crippen LogP contribution in [0, 0.1) is 5.82 Å². The van der Waals surface area contributed by atoms with Crippen LogP contribution in [0.3, 0.4) is 0 Å². The average molecular weight is 357 g/mol. The Morgan fingerprint density at radius 1 is 1.19 bits per heavy atom.